The van der Waals surface area contributed by atoms with Crippen molar-refractivity contribution < 1.29 is 9.47 Å². The van der Waals surface area contributed by atoms with E-state index in [1.165, 1.54) is 11.1 Å². The summed E-state index contributed by atoms with van der Waals surface area (Å²) in [4.78, 5) is 0. The number of nitrogens with one attached hydrogen (secondary N) is 1. The third kappa shape index (κ3) is 4.24. The molecule has 1 aliphatic heterocycles. The lowest BCUT2D eigenvalue weighted by Crippen LogP contribution is -2.03. The number of ether oxygens (including phenoxy) is 2. The molecule has 130 valence electrons. The third-order valence-electron chi connectivity index (χ3n) is 4.40. The topological polar surface area (TPSA) is 30.5 Å². The normalized spacial score (nSPS) is 16.1. The van der Waals surface area contributed by atoms with Crippen molar-refractivity contribution in [2.75, 3.05) is 12.4 Å². The van der Waals surface area contributed by atoms with Gasteiger partial charge < -0.3 is 14.8 Å². The van der Waals surface area contributed by atoms with Gasteiger partial charge in [0.1, 0.15) is 11.5 Å². The highest BCUT2D eigenvalue weighted by Crippen LogP contribution is 2.33. The van der Waals surface area contributed by atoms with E-state index in [2.05, 4.69) is 67.7 Å². The van der Waals surface area contributed by atoms with E-state index in [1.54, 1.807) is 13.4 Å². The Morgan fingerprint density at radius 1 is 1.16 bits per heavy atom. The van der Waals surface area contributed by atoms with Gasteiger partial charge >= 0.3 is 0 Å². The van der Waals surface area contributed by atoms with Crippen molar-refractivity contribution in [3.05, 3.63) is 77.6 Å². The molecule has 0 spiro atoms. The smallest absolute Gasteiger partial charge is 0.134 e. The molecular formula is C22H25NO2. The fraction of sp³-hybridized carbons (Fsp3) is 0.273. The van der Waals surface area contributed by atoms with E-state index >= 15 is 0 Å². The summed E-state index contributed by atoms with van der Waals surface area (Å²) in [5, 5.41) is 3.46. The van der Waals surface area contributed by atoms with Crippen molar-refractivity contribution in [1.82, 2.24) is 0 Å². The molecule has 0 bridgehead atoms. The Hall–Kier alpha value is -2.68. The van der Waals surface area contributed by atoms with Crippen LogP contribution in [-0.4, -0.2) is 7.11 Å². The van der Waals surface area contributed by atoms with Crippen LogP contribution in [0, 0.1) is 12.8 Å². The van der Waals surface area contributed by atoms with Gasteiger partial charge in [-0.15, -0.1) is 0 Å². The Morgan fingerprint density at radius 2 is 2.04 bits per heavy atom. The first-order valence-corrected chi connectivity index (χ1v) is 8.72. The maximum Gasteiger partial charge on any atom is 0.134 e. The highest BCUT2D eigenvalue weighted by molar-refractivity contribution is 5.70. The Labute approximate surface area is 150 Å². The molecule has 0 saturated carbocycles. The van der Waals surface area contributed by atoms with Crippen molar-refractivity contribution in [2.24, 2.45) is 5.92 Å². The van der Waals surface area contributed by atoms with Crippen molar-refractivity contribution in [3.8, 4) is 5.75 Å². The van der Waals surface area contributed by atoms with Crippen LogP contribution in [0.4, 0.5) is 5.69 Å². The molecule has 0 fully saturated rings. The number of anilines is 1. The standard InChI is InChI=1S/C22H25NO2/c1-4-17-10-11-25-22(13-17)20-9-8-19(14-21(20)24-3)23-15-18-7-5-6-16(2)12-18/h5-14,17,23H,4,15H2,1-3H3. The molecule has 2 aromatic rings. The first-order valence-electron chi connectivity index (χ1n) is 8.72. The molecule has 25 heavy (non-hydrogen) atoms. The molecule has 3 rings (SSSR count). The summed E-state index contributed by atoms with van der Waals surface area (Å²) < 4.78 is 11.3. The van der Waals surface area contributed by atoms with Crippen molar-refractivity contribution in [3.63, 3.8) is 0 Å². The summed E-state index contributed by atoms with van der Waals surface area (Å²) in [6.07, 6.45) is 7.06. The SMILES string of the molecule is CCC1C=COC(c2ccc(NCc3cccc(C)c3)cc2OC)=C1. The van der Waals surface area contributed by atoms with Crippen LogP contribution in [0.15, 0.2) is 60.9 Å². The van der Waals surface area contributed by atoms with Crippen LogP contribution in [0.5, 0.6) is 5.75 Å². The molecule has 3 nitrogen and oxygen atoms in total. The summed E-state index contributed by atoms with van der Waals surface area (Å²) in [7, 11) is 1.69. The minimum absolute atomic E-state index is 0.410. The second-order valence-electron chi connectivity index (χ2n) is 6.31. The number of rotatable bonds is 6. The number of hydrogen-bond acceptors (Lipinski definition) is 3. The number of methoxy groups -OCH3 is 1. The lowest BCUT2D eigenvalue weighted by Gasteiger charge is -2.18. The first kappa shape index (κ1) is 17.2. The summed E-state index contributed by atoms with van der Waals surface area (Å²) in [6, 6.07) is 14.7. The fourth-order valence-corrected chi connectivity index (χ4v) is 2.94. The average Bonchev–Trinajstić information content (AvgIpc) is 2.66. The second-order valence-corrected chi connectivity index (χ2v) is 6.31. The molecule has 2 aromatic carbocycles. The molecule has 1 unspecified atom stereocenters. The molecule has 1 N–H and O–H groups in total. The quantitative estimate of drug-likeness (QED) is 0.753. The van der Waals surface area contributed by atoms with Crippen molar-refractivity contribution in [1.29, 1.82) is 0 Å². The lowest BCUT2D eigenvalue weighted by atomic mass is 10.0. The molecule has 0 aliphatic carbocycles. The van der Waals surface area contributed by atoms with Gasteiger partial charge in [-0.2, -0.15) is 0 Å². The van der Waals surface area contributed by atoms with Crippen LogP contribution in [0.3, 0.4) is 0 Å². The largest absolute Gasteiger partial charge is 0.496 e. The maximum atomic E-state index is 5.70. The predicted molar refractivity (Wildman–Crippen MR) is 103 cm³/mol. The lowest BCUT2D eigenvalue weighted by molar-refractivity contribution is 0.393. The van der Waals surface area contributed by atoms with Crippen LogP contribution in [0.1, 0.15) is 30.0 Å². The summed E-state index contributed by atoms with van der Waals surface area (Å²) in [5.41, 5.74) is 4.54. The zero-order valence-electron chi connectivity index (χ0n) is 15.1. The molecule has 0 aromatic heterocycles. The number of allylic oxidation sites excluding steroid dienone is 2. The van der Waals surface area contributed by atoms with Gasteiger partial charge in [-0.1, -0.05) is 36.8 Å². The molecular weight excluding hydrogens is 310 g/mol. The third-order valence-corrected chi connectivity index (χ3v) is 4.40. The van der Waals surface area contributed by atoms with Crippen LogP contribution in [-0.2, 0) is 11.3 Å². The summed E-state index contributed by atoms with van der Waals surface area (Å²) in [5.74, 6) is 2.08. The van der Waals surface area contributed by atoms with E-state index < -0.39 is 0 Å². The van der Waals surface area contributed by atoms with Gasteiger partial charge in [0.05, 0.1) is 18.9 Å². The van der Waals surface area contributed by atoms with Gasteiger partial charge in [0, 0.05) is 24.2 Å². The molecule has 0 radical (unpaired) electrons. The fourth-order valence-electron chi connectivity index (χ4n) is 2.94. The number of hydrogen-bond donors (Lipinski definition) is 1. The van der Waals surface area contributed by atoms with E-state index in [-0.39, 0.29) is 0 Å². The number of aryl methyl sites for hydroxylation is 1. The zero-order valence-corrected chi connectivity index (χ0v) is 15.1. The van der Waals surface area contributed by atoms with Crippen LogP contribution in [0.25, 0.3) is 5.76 Å². The molecule has 3 heteroatoms. The van der Waals surface area contributed by atoms with Crippen LogP contribution < -0.4 is 10.1 Å². The Morgan fingerprint density at radius 3 is 2.80 bits per heavy atom. The summed E-state index contributed by atoms with van der Waals surface area (Å²) in [6.45, 7) is 5.06. The molecule has 1 heterocycles. The van der Waals surface area contributed by atoms with Crippen LogP contribution in [0.2, 0.25) is 0 Å². The Balaban J connectivity index is 1.76. The first-order chi connectivity index (χ1) is 12.2. The zero-order chi connectivity index (χ0) is 17.6. The molecule has 1 aliphatic rings. The van der Waals surface area contributed by atoms with Crippen molar-refractivity contribution >= 4 is 11.4 Å². The molecule has 1 atom stereocenters. The highest BCUT2D eigenvalue weighted by Gasteiger charge is 2.15. The van der Waals surface area contributed by atoms with Gasteiger partial charge in [-0.3, -0.25) is 0 Å². The van der Waals surface area contributed by atoms with Gasteiger partial charge in [0.25, 0.3) is 0 Å². The minimum Gasteiger partial charge on any atom is -0.496 e. The van der Waals surface area contributed by atoms with Crippen LogP contribution >= 0.6 is 0 Å². The monoisotopic (exact) mass is 335 g/mol. The van der Waals surface area contributed by atoms with Gasteiger partial charge in [-0.05, 0) is 43.2 Å². The van der Waals surface area contributed by atoms with E-state index in [1.807, 2.05) is 6.07 Å². The van der Waals surface area contributed by atoms with E-state index in [9.17, 15) is 0 Å². The maximum absolute atomic E-state index is 5.70. The van der Waals surface area contributed by atoms with E-state index in [0.717, 1.165) is 35.7 Å². The van der Waals surface area contributed by atoms with Gasteiger partial charge in [0.2, 0.25) is 0 Å². The predicted octanol–water partition coefficient (Wildman–Crippen LogP) is 5.53. The molecule has 0 amide bonds. The Kier molecular flexibility index (Phi) is 5.44. The second kappa shape index (κ2) is 7.93. The Bertz CT molecular complexity index is 792. The van der Waals surface area contributed by atoms with Crippen molar-refractivity contribution in [2.45, 2.75) is 26.8 Å². The highest BCUT2D eigenvalue weighted by atomic mass is 16.5. The minimum atomic E-state index is 0.410. The van der Waals surface area contributed by atoms with E-state index in [0.29, 0.717) is 5.92 Å². The van der Waals surface area contributed by atoms with E-state index in [4.69, 9.17) is 9.47 Å². The average molecular weight is 335 g/mol. The van der Waals surface area contributed by atoms with Gasteiger partial charge in [-0.25, -0.2) is 0 Å². The van der Waals surface area contributed by atoms with Gasteiger partial charge in [0.15, 0.2) is 0 Å². The number of benzene rings is 2. The molecule has 0 saturated heterocycles. The summed E-state index contributed by atoms with van der Waals surface area (Å²) >= 11 is 0.